The molecule has 0 spiro atoms. The van der Waals surface area contributed by atoms with Crippen molar-refractivity contribution in [2.75, 3.05) is 18.1 Å². The molecule has 0 aromatic heterocycles. The summed E-state index contributed by atoms with van der Waals surface area (Å²) < 4.78 is 5.26. The predicted molar refractivity (Wildman–Crippen MR) is 86.7 cm³/mol. The van der Waals surface area contributed by atoms with Crippen molar-refractivity contribution in [2.24, 2.45) is 0 Å². The lowest BCUT2D eigenvalue weighted by atomic mass is 10.1. The van der Waals surface area contributed by atoms with Crippen LogP contribution < -0.4 is 9.64 Å². The molecule has 1 heterocycles. The molecule has 8 heteroatoms. The van der Waals surface area contributed by atoms with Gasteiger partial charge in [-0.05, 0) is 30.3 Å². The number of non-ortho nitro benzene ring substituents is 1. The van der Waals surface area contributed by atoms with Crippen LogP contribution in [-0.2, 0) is 4.79 Å². The molecule has 0 fully saturated rings. The zero-order valence-corrected chi connectivity index (χ0v) is 13.0. The summed E-state index contributed by atoms with van der Waals surface area (Å²) in [5.74, 6) is -0.422. The number of rotatable bonds is 4. The minimum absolute atomic E-state index is 0.184. The zero-order valence-electron chi connectivity index (χ0n) is 12.3. The first-order valence-electron chi connectivity index (χ1n) is 6.96. The van der Waals surface area contributed by atoms with Crippen molar-refractivity contribution in [2.45, 2.75) is 0 Å². The Bertz CT molecular complexity index is 835. The summed E-state index contributed by atoms with van der Waals surface area (Å²) in [6.45, 7) is -0.462. The van der Waals surface area contributed by atoms with Gasteiger partial charge in [0.1, 0.15) is 5.75 Å². The van der Waals surface area contributed by atoms with Crippen molar-refractivity contribution in [3.8, 4) is 5.75 Å². The van der Waals surface area contributed by atoms with Crippen LogP contribution in [0.15, 0.2) is 42.5 Å². The average molecular weight is 347 g/mol. The van der Waals surface area contributed by atoms with Gasteiger partial charge >= 0.3 is 0 Å². The lowest BCUT2D eigenvalue weighted by Crippen LogP contribution is -2.42. The molecule has 122 valence electrons. The number of halogens is 1. The van der Waals surface area contributed by atoms with Crippen molar-refractivity contribution >= 4 is 34.7 Å². The monoisotopic (exact) mass is 346 g/mol. The van der Waals surface area contributed by atoms with Crippen LogP contribution >= 0.6 is 11.6 Å². The third-order valence-electron chi connectivity index (χ3n) is 3.56. The standard InChI is InChI=1S/C16H11ClN2O5/c17-11-3-1-10(2-4-11)14(20)8-18-13-7-12(19(22)23)5-6-15(13)24-9-16(18)21/h1-7H,8-9H2. The van der Waals surface area contributed by atoms with Crippen LogP contribution in [0.2, 0.25) is 5.02 Å². The fourth-order valence-electron chi connectivity index (χ4n) is 2.35. The average Bonchev–Trinajstić information content (AvgIpc) is 2.57. The normalized spacial score (nSPS) is 13.2. The van der Waals surface area contributed by atoms with Crippen LogP contribution in [0, 0.1) is 10.1 Å². The molecule has 0 bridgehead atoms. The van der Waals surface area contributed by atoms with Crippen molar-refractivity contribution in [3.63, 3.8) is 0 Å². The van der Waals surface area contributed by atoms with E-state index in [4.69, 9.17) is 16.3 Å². The molecule has 0 atom stereocenters. The van der Waals surface area contributed by atoms with Crippen molar-refractivity contribution in [1.29, 1.82) is 0 Å². The van der Waals surface area contributed by atoms with Gasteiger partial charge in [-0.3, -0.25) is 24.6 Å². The largest absolute Gasteiger partial charge is 0.482 e. The Morgan fingerprint density at radius 2 is 1.96 bits per heavy atom. The van der Waals surface area contributed by atoms with E-state index in [0.717, 1.165) is 0 Å². The molecule has 7 nitrogen and oxygen atoms in total. The number of benzene rings is 2. The molecule has 1 aliphatic heterocycles. The Hall–Kier alpha value is -2.93. The molecule has 1 aliphatic rings. The first kappa shape index (κ1) is 15.9. The molecule has 0 unspecified atom stereocenters. The molecule has 24 heavy (non-hydrogen) atoms. The van der Waals surface area contributed by atoms with Crippen LogP contribution in [0.4, 0.5) is 11.4 Å². The number of nitrogens with zero attached hydrogens (tertiary/aromatic N) is 2. The van der Waals surface area contributed by atoms with E-state index in [1.54, 1.807) is 24.3 Å². The molecule has 0 radical (unpaired) electrons. The summed E-state index contributed by atoms with van der Waals surface area (Å²) in [6, 6.07) is 10.2. The lowest BCUT2D eigenvalue weighted by Gasteiger charge is -2.28. The van der Waals surface area contributed by atoms with Gasteiger partial charge in [0.05, 0.1) is 17.2 Å². The highest BCUT2D eigenvalue weighted by Gasteiger charge is 2.29. The van der Waals surface area contributed by atoms with Gasteiger partial charge in [-0.1, -0.05) is 11.6 Å². The van der Waals surface area contributed by atoms with Crippen molar-refractivity contribution in [1.82, 2.24) is 0 Å². The number of hydrogen-bond acceptors (Lipinski definition) is 5. The van der Waals surface area contributed by atoms with Gasteiger partial charge in [0.25, 0.3) is 11.6 Å². The number of anilines is 1. The molecule has 0 saturated heterocycles. The van der Waals surface area contributed by atoms with E-state index < -0.39 is 10.8 Å². The maximum absolute atomic E-state index is 12.4. The number of amides is 1. The van der Waals surface area contributed by atoms with Crippen LogP contribution in [0.1, 0.15) is 10.4 Å². The number of hydrogen-bond donors (Lipinski definition) is 0. The predicted octanol–water partition coefficient (Wildman–Crippen LogP) is 2.86. The quantitative estimate of drug-likeness (QED) is 0.482. The maximum Gasteiger partial charge on any atom is 0.271 e. The summed E-state index contributed by atoms with van der Waals surface area (Å²) >= 11 is 5.79. The zero-order chi connectivity index (χ0) is 17.3. The highest BCUT2D eigenvalue weighted by molar-refractivity contribution is 6.30. The van der Waals surface area contributed by atoms with Crippen molar-refractivity contribution in [3.05, 3.63) is 63.2 Å². The number of fused-ring (bicyclic) bond motifs is 1. The SMILES string of the molecule is O=C(CN1C(=O)COc2ccc([N+](=O)[O-])cc21)c1ccc(Cl)cc1. The molecular weight excluding hydrogens is 336 g/mol. The Morgan fingerprint density at radius 1 is 1.25 bits per heavy atom. The third-order valence-corrected chi connectivity index (χ3v) is 3.82. The first-order valence-corrected chi connectivity index (χ1v) is 7.34. The summed E-state index contributed by atoms with van der Waals surface area (Å²) in [4.78, 5) is 36.1. The number of carbonyl (C=O) groups is 2. The molecule has 2 aromatic rings. The summed E-state index contributed by atoms with van der Waals surface area (Å²) in [5.41, 5.74) is 0.421. The smallest absolute Gasteiger partial charge is 0.271 e. The van der Waals surface area contributed by atoms with Crippen LogP contribution in [0.25, 0.3) is 0 Å². The van der Waals surface area contributed by atoms with E-state index in [1.807, 2.05) is 0 Å². The fourth-order valence-corrected chi connectivity index (χ4v) is 2.47. The number of ketones is 1. The van der Waals surface area contributed by atoms with E-state index >= 15 is 0 Å². The second-order valence-corrected chi connectivity index (χ2v) is 5.54. The summed E-state index contributed by atoms with van der Waals surface area (Å²) in [7, 11) is 0. The van der Waals surface area contributed by atoms with E-state index in [0.29, 0.717) is 16.3 Å². The van der Waals surface area contributed by atoms with Crippen LogP contribution in [-0.4, -0.2) is 29.8 Å². The van der Waals surface area contributed by atoms with Gasteiger partial charge in [-0.15, -0.1) is 0 Å². The number of nitro benzene ring substituents is 1. The highest BCUT2D eigenvalue weighted by Crippen LogP contribution is 2.35. The van der Waals surface area contributed by atoms with Crippen molar-refractivity contribution < 1.29 is 19.2 Å². The van der Waals surface area contributed by atoms with E-state index in [-0.39, 0.29) is 30.3 Å². The molecule has 0 aliphatic carbocycles. The summed E-state index contributed by atoms with van der Waals surface area (Å²) in [6.07, 6.45) is 0. The topological polar surface area (TPSA) is 89.8 Å². The minimum Gasteiger partial charge on any atom is -0.482 e. The molecule has 2 aromatic carbocycles. The number of carbonyl (C=O) groups excluding carboxylic acids is 2. The number of ether oxygens (including phenoxy) is 1. The molecular formula is C16H11ClN2O5. The van der Waals surface area contributed by atoms with E-state index in [1.165, 1.54) is 23.1 Å². The van der Waals surface area contributed by atoms with Gasteiger partial charge in [-0.25, -0.2) is 0 Å². The Morgan fingerprint density at radius 3 is 2.62 bits per heavy atom. The van der Waals surface area contributed by atoms with Gasteiger partial charge in [0.2, 0.25) is 0 Å². The van der Waals surface area contributed by atoms with Gasteiger partial charge < -0.3 is 4.74 Å². The Kier molecular flexibility index (Phi) is 4.18. The van der Waals surface area contributed by atoms with Crippen LogP contribution in [0.5, 0.6) is 5.75 Å². The van der Waals surface area contributed by atoms with Crippen LogP contribution in [0.3, 0.4) is 0 Å². The molecule has 3 rings (SSSR count). The first-order chi connectivity index (χ1) is 11.5. The Balaban J connectivity index is 1.92. The summed E-state index contributed by atoms with van der Waals surface area (Å²) in [5, 5.41) is 11.4. The third kappa shape index (κ3) is 3.07. The van der Waals surface area contributed by atoms with Gasteiger partial charge in [0, 0.05) is 22.7 Å². The molecule has 1 amide bonds. The minimum atomic E-state index is -0.571. The molecule has 0 saturated carbocycles. The van der Waals surface area contributed by atoms with E-state index in [9.17, 15) is 19.7 Å². The second kappa shape index (κ2) is 6.29. The number of nitro groups is 1. The van der Waals surface area contributed by atoms with Gasteiger partial charge in [0.15, 0.2) is 12.4 Å². The van der Waals surface area contributed by atoms with E-state index in [2.05, 4.69) is 0 Å². The number of Topliss-reactive ketones (excluding diaryl/α,β-unsaturated/α-hetero) is 1. The Labute approximate surface area is 141 Å². The molecule has 0 N–H and O–H groups in total. The highest BCUT2D eigenvalue weighted by atomic mass is 35.5. The fraction of sp³-hybridized carbons (Fsp3) is 0.125. The lowest BCUT2D eigenvalue weighted by molar-refractivity contribution is -0.384. The maximum atomic E-state index is 12.4. The van der Waals surface area contributed by atoms with Gasteiger partial charge in [-0.2, -0.15) is 0 Å². The second-order valence-electron chi connectivity index (χ2n) is 5.11.